The molecule has 1 rings (SSSR count). The molecular weight excluding hydrogens is 176 g/mol. The molecule has 0 aliphatic carbocycles. The summed E-state index contributed by atoms with van der Waals surface area (Å²) in [6.07, 6.45) is 0.803. The Morgan fingerprint density at radius 1 is 1.36 bits per heavy atom. The molecule has 0 saturated carbocycles. The van der Waals surface area contributed by atoms with Crippen molar-refractivity contribution in [2.45, 2.75) is 40.2 Å². The zero-order valence-electron chi connectivity index (χ0n) is 9.26. The zero-order valence-corrected chi connectivity index (χ0v) is 9.26. The fraction of sp³-hybridized carbons (Fsp3) is 0.600. The van der Waals surface area contributed by atoms with E-state index in [1.54, 1.807) is 0 Å². The number of nitrogens with two attached hydrogens (primary N) is 1. The Bertz CT molecular complexity index is 320. The van der Waals surface area contributed by atoms with E-state index in [0.29, 0.717) is 11.9 Å². The van der Waals surface area contributed by atoms with E-state index < -0.39 is 0 Å². The minimum Gasteiger partial charge on any atom is -0.383 e. The second kappa shape index (κ2) is 4.26. The quantitative estimate of drug-likeness (QED) is 0.769. The smallest absolute Gasteiger partial charge is 0.134 e. The molecule has 0 aliphatic heterocycles. The Labute approximate surface area is 85.0 Å². The lowest BCUT2D eigenvalue weighted by Crippen LogP contribution is -2.15. The third-order valence-electron chi connectivity index (χ3n) is 1.97. The number of aryl methyl sites for hydroxylation is 1. The normalized spacial score (nSPS) is 10.6. The minimum atomic E-state index is 0.354. The second-order valence-electron chi connectivity index (χ2n) is 3.65. The predicted molar refractivity (Wildman–Crippen MR) is 59.3 cm³/mol. The Morgan fingerprint density at radius 3 is 2.50 bits per heavy atom. The molecule has 0 amide bonds. The Morgan fingerprint density at radius 2 is 2.00 bits per heavy atom. The van der Waals surface area contributed by atoms with Gasteiger partial charge in [-0.3, -0.25) is 0 Å². The lowest BCUT2D eigenvalue weighted by molar-refractivity contribution is 0.864. The highest BCUT2D eigenvalue weighted by Gasteiger charge is 2.07. The highest BCUT2D eigenvalue weighted by atomic mass is 15.1. The molecule has 0 bridgehead atoms. The molecule has 4 heteroatoms. The molecular formula is C10H18N4. The maximum absolute atomic E-state index is 5.78. The van der Waals surface area contributed by atoms with Gasteiger partial charge in [0.1, 0.15) is 17.5 Å². The van der Waals surface area contributed by atoms with Gasteiger partial charge in [-0.15, -0.1) is 0 Å². The van der Waals surface area contributed by atoms with Crippen molar-refractivity contribution in [3.63, 3.8) is 0 Å². The predicted octanol–water partition coefficient (Wildman–Crippen LogP) is 1.75. The van der Waals surface area contributed by atoms with Crippen molar-refractivity contribution in [3.05, 3.63) is 11.4 Å². The van der Waals surface area contributed by atoms with Crippen LogP contribution in [0.15, 0.2) is 0 Å². The van der Waals surface area contributed by atoms with E-state index in [2.05, 4.69) is 29.1 Å². The van der Waals surface area contributed by atoms with Crippen LogP contribution in [-0.2, 0) is 6.42 Å². The summed E-state index contributed by atoms with van der Waals surface area (Å²) < 4.78 is 0. The van der Waals surface area contributed by atoms with Crippen molar-refractivity contribution in [2.75, 3.05) is 11.1 Å². The number of nitrogens with one attached hydrogen (secondary N) is 1. The van der Waals surface area contributed by atoms with Crippen LogP contribution in [0.5, 0.6) is 0 Å². The topological polar surface area (TPSA) is 63.8 Å². The number of hydrogen-bond acceptors (Lipinski definition) is 4. The first-order valence-electron chi connectivity index (χ1n) is 4.94. The largest absolute Gasteiger partial charge is 0.383 e. The van der Waals surface area contributed by atoms with Crippen LogP contribution in [0, 0.1) is 6.92 Å². The first kappa shape index (κ1) is 10.8. The van der Waals surface area contributed by atoms with E-state index in [0.717, 1.165) is 23.6 Å². The summed E-state index contributed by atoms with van der Waals surface area (Å²) in [6.45, 7) is 8.09. The van der Waals surface area contributed by atoms with E-state index in [-0.39, 0.29) is 0 Å². The van der Waals surface area contributed by atoms with Gasteiger partial charge >= 0.3 is 0 Å². The monoisotopic (exact) mass is 194 g/mol. The van der Waals surface area contributed by atoms with E-state index in [1.807, 2.05) is 13.8 Å². The Kier molecular flexibility index (Phi) is 3.28. The summed E-state index contributed by atoms with van der Waals surface area (Å²) >= 11 is 0. The molecule has 0 radical (unpaired) electrons. The molecule has 3 N–H and O–H groups in total. The van der Waals surface area contributed by atoms with Crippen molar-refractivity contribution in [2.24, 2.45) is 0 Å². The molecule has 0 aromatic carbocycles. The van der Waals surface area contributed by atoms with Gasteiger partial charge < -0.3 is 11.1 Å². The van der Waals surface area contributed by atoms with E-state index in [9.17, 15) is 0 Å². The van der Waals surface area contributed by atoms with Gasteiger partial charge in [-0.1, -0.05) is 6.92 Å². The molecule has 14 heavy (non-hydrogen) atoms. The van der Waals surface area contributed by atoms with Gasteiger partial charge in [0.05, 0.1) is 0 Å². The van der Waals surface area contributed by atoms with Gasteiger partial charge in [0, 0.05) is 18.0 Å². The number of aromatic nitrogens is 2. The first-order chi connectivity index (χ1) is 6.54. The number of nitrogens with zero attached hydrogens (tertiary/aromatic N) is 2. The van der Waals surface area contributed by atoms with Gasteiger partial charge in [0.15, 0.2) is 0 Å². The average molecular weight is 194 g/mol. The SMILES string of the molecule is CCc1nc(N)c(C)c(NC(C)C)n1. The van der Waals surface area contributed by atoms with Gasteiger partial charge in [-0.05, 0) is 20.8 Å². The van der Waals surface area contributed by atoms with Crippen LogP contribution >= 0.6 is 0 Å². The second-order valence-corrected chi connectivity index (χ2v) is 3.65. The molecule has 0 fully saturated rings. The van der Waals surface area contributed by atoms with Gasteiger partial charge in [0.25, 0.3) is 0 Å². The molecule has 4 nitrogen and oxygen atoms in total. The van der Waals surface area contributed by atoms with Crippen LogP contribution in [0.2, 0.25) is 0 Å². The summed E-state index contributed by atoms with van der Waals surface area (Å²) in [5, 5.41) is 3.26. The first-order valence-corrected chi connectivity index (χ1v) is 4.94. The third-order valence-corrected chi connectivity index (χ3v) is 1.97. The number of hydrogen-bond donors (Lipinski definition) is 2. The summed E-state index contributed by atoms with van der Waals surface area (Å²) in [5.41, 5.74) is 6.71. The maximum atomic E-state index is 5.78. The molecule has 78 valence electrons. The minimum absolute atomic E-state index is 0.354. The van der Waals surface area contributed by atoms with E-state index >= 15 is 0 Å². The number of nitrogen functional groups attached to an aromatic ring is 1. The Hall–Kier alpha value is -1.32. The lowest BCUT2D eigenvalue weighted by atomic mass is 10.2. The van der Waals surface area contributed by atoms with Crippen molar-refractivity contribution in [3.8, 4) is 0 Å². The van der Waals surface area contributed by atoms with Crippen molar-refractivity contribution in [1.82, 2.24) is 9.97 Å². The highest BCUT2D eigenvalue weighted by Crippen LogP contribution is 2.17. The molecule has 0 atom stereocenters. The van der Waals surface area contributed by atoms with Gasteiger partial charge in [-0.25, -0.2) is 9.97 Å². The summed E-state index contributed by atoms with van der Waals surface area (Å²) in [6, 6.07) is 0.354. The zero-order chi connectivity index (χ0) is 10.7. The molecule has 0 aliphatic rings. The lowest BCUT2D eigenvalue weighted by Gasteiger charge is -2.13. The summed E-state index contributed by atoms with van der Waals surface area (Å²) in [5.74, 6) is 2.21. The fourth-order valence-electron chi connectivity index (χ4n) is 1.15. The standard InChI is InChI=1S/C10H18N4/c1-5-8-13-9(11)7(4)10(14-8)12-6(2)3/h6H,5H2,1-4H3,(H3,11,12,13,14). The molecule has 0 spiro atoms. The van der Waals surface area contributed by atoms with E-state index in [4.69, 9.17) is 5.73 Å². The van der Waals surface area contributed by atoms with Crippen LogP contribution < -0.4 is 11.1 Å². The summed E-state index contributed by atoms with van der Waals surface area (Å²) in [7, 11) is 0. The van der Waals surface area contributed by atoms with Crippen LogP contribution in [-0.4, -0.2) is 16.0 Å². The van der Waals surface area contributed by atoms with E-state index in [1.165, 1.54) is 0 Å². The van der Waals surface area contributed by atoms with Crippen molar-refractivity contribution < 1.29 is 0 Å². The molecule has 0 saturated heterocycles. The molecule has 1 aromatic rings. The fourth-order valence-corrected chi connectivity index (χ4v) is 1.15. The average Bonchev–Trinajstić information content (AvgIpc) is 2.11. The van der Waals surface area contributed by atoms with Crippen LogP contribution in [0.4, 0.5) is 11.6 Å². The molecule has 1 heterocycles. The number of rotatable bonds is 3. The highest BCUT2D eigenvalue weighted by molar-refractivity contribution is 5.55. The summed E-state index contributed by atoms with van der Waals surface area (Å²) in [4.78, 5) is 8.58. The van der Waals surface area contributed by atoms with Gasteiger partial charge in [-0.2, -0.15) is 0 Å². The molecule has 0 unspecified atom stereocenters. The van der Waals surface area contributed by atoms with Crippen LogP contribution in [0.25, 0.3) is 0 Å². The Balaban J connectivity index is 3.07. The molecule has 1 aromatic heterocycles. The number of anilines is 2. The third kappa shape index (κ3) is 2.34. The van der Waals surface area contributed by atoms with Crippen molar-refractivity contribution >= 4 is 11.6 Å². The van der Waals surface area contributed by atoms with Crippen molar-refractivity contribution in [1.29, 1.82) is 0 Å². The maximum Gasteiger partial charge on any atom is 0.134 e. The van der Waals surface area contributed by atoms with Crippen LogP contribution in [0.1, 0.15) is 32.2 Å². The van der Waals surface area contributed by atoms with Crippen LogP contribution in [0.3, 0.4) is 0 Å². The van der Waals surface area contributed by atoms with Gasteiger partial charge in [0.2, 0.25) is 0 Å².